The average Bonchev–Trinajstić information content (AvgIpc) is 3.33. The molecule has 6 nitrogen and oxygen atoms in total. The van der Waals surface area contributed by atoms with Crippen molar-refractivity contribution in [1.82, 2.24) is 15.1 Å². The number of thioether (sulfide) groups is 1. The van der Waals surface area contributed by atoms with E-state index in [0.29, 0.717) is 24.1 Å². The Bertz CT molecular complexity index is 1060. The minimum absolute atomic E-state index is 0.508. The molecule has 29 heavy (non-hydrogen) atoms. The van der Waals surface area contributed by atoms with Gasteiger partial charge in [-0.3, -0.25) is 0 Å². The molecule has 4 rings (SSSR count). The summed E-state index contributed by atoms with van der Waals surface area (Å²) in [6.45, 7) is 1.40. The Morgan fingerprint density at radius 3 is 2.69 bits per heavy atom. The highest BCUT2D eigenvalue weighted by Crippen LogP contribution is 2.27. The molecule has 0 aliphatic carbocycles. The maximum atomic E-state index is 5.93. The van der Waals surface area contributed by atoms with Crippen LogP contribution in [0, 0.1) is 0 Å². The zero-order chi connectivity index (χ0) is 20.1. The van der Waals surface area contributed by atoms with Gasteiger partial charge in [-0.15, -0.1) is 22.0 Å². The quantitative estimate of drug-likeness (QED) is 0.366. The molecular formula is C22H23N3O3S. The molecular weight excluding hydrogens is 386 g/mol. The van der Waals surface area contributed by atoms with Crippen molar-refractivity contribution in [3.05, 3.63) is 66.2 Å². The molecule has 2 aromatic carbocycles. The van der Waals surface area contributed by atoms with Crippen molar-refractivity contribution >= 4 is 22.7 Å². The summed E-state index contributed by atoms with van der Waals surface area (Å²) in [5.74, 6) is 4.43. The summed E-state index contributed by atoms with van der Waals surface area (Å²) in [7, 11) is 4.04. The summed E-state index contributed by atoms with van der Waals surface area (Å²) < 4.78 is 17.4. The van der Waals surface area contributed by atoms with Crippen LogP contribution in [0.3, 0.4) is 0 Å². The summed E-state index contributed by atoms with van der Waals surface area (Å²) in [4.78, 5) is 2.07. The van der Waals surface area contributed by atoms with Crippen LogP contribution in [-0.4, -0.2) is 41.6 Å². The zero-order valence-corrected chi connectivity index (χ0v) is 17.3. The normalized spacial score (nSPS) is 11.4. The van der Waals surface area contributed by atoms with Gasteiger partial charge in [-0.2, -0.15) is 0 Å². The summed E-state index contributed by atoms with van der Waals surface area (Å²) in [5, 5.41) is 9.41. The Labute approximate surface area is 173 Å². The topological polar surface area (TPSA) is 64.5 Å². The van der Waals surface area contributed by atoms with Gasteiger partial charge in [0, 0.05) is 16.7 Å². The minimum Gasteiger partial charge on any atom is -0.493 e. The molecule has 0 aliphatic heterocycles. The van der Waals surface area contributed by atoms with Gasteiger partial charge in [-0.05, 0) is 44.4 Å². The van der Waals surface area contributed by atoms with Crippen molar-refractivity contribution in [2.75, 3.05) is 26.5 Å². The number of hydrogen-bond donors (Lipinski definition) is 0. The third kappa shape index (κ3) is 5.19. The van der Waals surface area contributed by atoms with E-state index in [0.717, 1.165) is 40.3 Å². The Hall–Kier alpha value is -2.77. The number of para-hydroxylation sites is 1. The molecule has 150 valence electrons. The van der Waals surface area contributed by atoms with Crippen molar-refractivity contribution in [3.63, 3.8) is 0 Å². The molecule has 0 saturated heterocycles. The molecule has 4 aromatic rings. The Kier molecular flexibility index (Phi) is 6.17. The van der Waals surface area contributed by atoms with Crippen molar-refractivity contribution in [3.8, 4) is 17.2 Å². The van der Waals surface area contributed by atoms with Crippen LogP contribution in [0.1, 0.15) is 11.7 Å². The van der Waals surface area contributed by atoms with Crippen LogP contribution in [0.2, 0.25) is 0 Å². The lowest BCUT2D eigenvalue weighted by molar-refractivity contribution is 0.344. The van der Waals surface area contributed by atoms with E-state index in [1.165, 1.54) is 0 Å². The number of hydrogen-bond acceptors (Lipinski definition) is 7. The molecule has 0 N–H and O–H groups in total. The number of aromatic nitrogens is 2. The van der Waals surface area contributed by atoms with Crippen molar-refractivity contribution in [2.45, 2.75) is 12.3 Å². The molecule has 0 unspecified atom stereocenters. The number of nitrogens with zero attached hydrogens (tertiary/aromatic N) is 3. The van der Waals surface area contributed by atoms with E-state index in [4.69, 9.17) is 13.6 Å². The van der Waals surface area contributed by atoms with Crippen molar-refractivity contribution < 1.29 is 13.6 Å². The monoisotopic (exact) mass is 409 g/mol. The van der Waals surface area contributed by atoms with Crippen molar-refractivity contribution in [1.29, 1.82) is 0 Å². The van der Waals surface area contributed by atoms with E-state index < -0.39 is 0 Å². The average molecular weight is 410 g/mol. The van der Waals surface area contributed by atoms with Gasteiger partial charge in [-0.1, -0.05) is 24.3 Å². The molecule has 0 saturated carbocycles. The molecule has 2 aromatic heterocycles. The van der Waals surface area contributed by atoms with Crippen LogP contribution in [-0.2, 0) is 12.3 Å². The van der Waals surface area contributed by atoms with Gasteiger partial charge in [-0.25, -0.2) is 0 Å². The molecule has 0 radical (unpaired) electrons. The minimum atomic E-state index is 0.508. The van der Waals surface area contributed by atoms with E-state index in [-0.39, 0.29) is 0 Å². The number of furan rings is 1. The van der Waals surface area contributed by atoms with Gasteiger partial charge in [0.05, 0.1) is 18.9 Å². The summed E-state index contributed by atoms with van der Waals surface area (Å²) in [6.07, 6.45) is 0. The van der Waals surface area contributed by atoms with Gasteiger partial charge in [0.15, 0.2) is 0 Å². The molecule has 0 bridgehead atoms. The van der Waals surface area contributed by atoms with Crippen LogP contribution in [0.5, 0.6) is 5.75 Å². The maximum absolute atomic E-state index is 5.93. The fourth-order valence-corrected chi connectivity index (χ4v) is 3.57. The van der Waals surface area contributed by atoms with Gasteiger partial charge in [0.2, 0.25) is 11.8 Å². The maximum Gasteiger partial charge on any atom is 0.247 e. The lowest BCUT2D eigenvalue weighted by Crippen LogP contribution is -2.09. The Morgan fingerprint density at radius 2 is 1.86 bits per heavy atom. The first-order chi connectivity index (χ1) is 14.2. The summed E-state index contributed by atoms with van der Waals surface area (Å²) in [5.41, 5.74) is 1.69. The lowest BCUT2D eigenvalue weighted by Gasteiger charge is -2.04. The fraction of sp³-hybridized carbons (Fsp3) is 0.273. The van der Waals surface area contributed by atoms with Gasteiger partial charge in [0.1, 0.15) is 17.1 Å². The van der Waals surface area contributed by atoms with E-state index in [1.54, 1.807) is 11.8 Å². The SMILES string of the molecule is CN(C)Cc1cc2ccc(-c3nnc(CSCCOc4ccccc4)o3)cc2o1. The van der Waals surface area contributed by atoms with Crippen LogP contribution >= 0.6 is 11.8 Å². The second-order valence-corrected chi connectivity index (χ2v) is 8.02. The predicted octanol–water partition coefficient (Wildman–Crippen LogP) is 4.86. The highest BCUT2D eigenvalue weighted by molar-refractivity contribution is 7.98. The second-order valence-electron chi connectivity index (χ2n) is 6.92. The first-order valence-corrected chi connectivity index (χ1v) is 10.6. The molecule has 2 heterocycles. The van der Waals surface area contributed by atoms with Crippen LogP contribution in [0.25, 0.3) is 22.4 Å². The van der Waals surface area contributed by atoms with Gasteiger partial charge < -0.3 is 18.5 Å². The highest BCUT2D eigenvalue weighted by atomic mass is 32.2. The number of rotatable bonds is 9. The Balaban J connectivity index is 1.32. The van der Waals surface area contributed by atoms with E-state index in [1.807, 2.05) is 62.6 Å². The third-order valence-corrected chi connectivity index (χ3v) is 5.13. The van der Waals surface area contributed by atoms with E-state index in [2.05, 4.69) is 21.2 Å². The van der Waals surface area contributed by atoms with Crippen LogP contribution < -0.4 is 4.74 Å². The summed E-state index contributed by atoms with van der Waals surface area (Å²) in [6, 6.07) is 17.8. The molecule has 7 heteroatoms. The lowest BCUT2D eigenvalue weighted by atomic mass is 10.1. The van der Waals surface area contributed by atoms with Gasteiger partial charge >= 0.3 is 0 Å². The summed E-state index contributed by atoms with van der Waals surface area (Å²) >= 11 is 1.70. The first-order valence-electron chi connectivity index (χ1n) is 9.43. The molecule has 0 spiro atoms. The fourth-order valence-electron chi connectivity index (χ4n) is 2.93. The molecule has 0 amide bonds. The van der Waals surface area contributed by atoms with Crippen LogP contribution in [0.4, 0.5) is 0 Å². The molecule has 0 atom stereocenters. The number of fused-ring (bicyclic) bond motifs is 1. The molecule has 0 aliphatic rings. The Morgan fingerprint density at radius 1 is 1.00 bits per heavy atom. The zero-order valence-electron chi connectivity index (χ0n) is 16.5. The van der Waals surface area contributed by atoms with Crippen LogP contribution in [0.15, 0.2) is 63.4 Å². The predicted molar refractivity (Wildman–Crippen MR) is 115 cm³/mol. The third-order valence-electron chi connectivity index (χ3n) is 4.22. The number of benzene rings is 2. The number of ether oxygens (including phenoxy) is 1. The van der Waals surface area contributed by atoms with Crippen molar-refractivity contribution in [2.24, 2.45) is 0 Å². The highest BCUT2D eigenvalue weighted by Gasteiger charge is 2.12. The van der Waals surface area contributed by atoms with E-state index in [9.17, 15) is 0 Å². The molecule has 0 fully saturated rings. The second kappa shape index (κ2) is 9.15. The van der Waals surface area contributed by atoms with E-state index >= 15 is 0 Å². The smallest absolute Gasteiger partial charge is 0.247 e. The standard InChI is InChI=1S/C22H23N3O3S/c1-25(2)14-19-12-16-8-9-17(13-20(16)27-19)22-24-23-21(28-22)15-29-11-10-26-18-6-4-3-5-7-18/h3-9,12-13H,10-11,14-15H2,1-2H3. The first kappa shape index (κ1) is 19.5. The largest absolute Gasteiger partial charge is 0.493 e. The van der Waals surface area contributed by atoms with Gasteiger partial charge in [0.25, 0.3) is 0 Å².